The molecule has 0 heterocycles. The Bertz CT molecular complexity index is 116. The van der Waals surface area contributed by atoms with Gasteiger partial charge in [-0.25, -0.2) is 0 Å². The Hall–Kier alpha value is 0.532. The minimum atomic E-state index is -0.307. The lowest BCUT2D eigenvalue weighted by atomic mass is 10.3. The maximum Gasteiger partial charge on any atom is 0.265 e. The van der Waals surface area contributed by atoms with E-state index in [0.29, 0.717) is 0 Å². The summed E-state index contributed by atoms with van der Waals surface area (Å²) in [6, 6.07) is 0. The predicted octanol–water partition coefficient (Wildman–Crippen LogP) is 4.00. The summed E-state index contributed by atoms with van der Waals surface area (Å²) in [7, 11) is 0. The van der Waals surface area contributed by atoms with Crippen molar-refractivity contribution in [2.75, 3.05) is 0 Å². The Morgan fingerprint density at radius 3 is 1.42 bits per heavy atom. The molecule has 2 aliphatic rings. The molecule has 0 aliphatic heterocycles. The topological polar surface area (TPSA) is 0 Å². The van der Waals surface area contributed by atoms with Gasteiger partial charge in [-0.3, -0.25) is 0 Å². The summed E-state index contributed by atoms with van der Waals surface area (Å²) in [6.45, 7) is 0. The molecular formula is C11H21Al. The fourth-order valence-electron chi connectivity index (χ4n) is 3.35. The second kappa shape index (κ2) is 4.16. The standard InChI is InChI=1S/2C5H9.CH3.Al/c2*1-2-4-5-3-1;;/h2*1H,2-5H2;1H3;. The molecule has 0 spiro atoms. The summed E-state index contributed by atoms with van der Waals surface area (Å²) in [5.41, 5.74) is 0. The summed E-state index contributed by atoms with van der Waals surface area (Å²) < 4.78 is 2.49. The third-order valence-electron chi connectivity index (χ3n) is 4.29. The van der Waals surface area contributed by atoms with Crippen LogP contribution in [0.5, 0.6) is 0 Å². The van der Waals surface area contributed by atoms with Gasteiger partial charge < -0.3 is 0 Å². The van der Waals surface area contributed by atoms with E-state index in [0.717, 1.165) is 0 Å². The van der Waals surface area contributed by atoms with E-state index in [9.17, 15) is 0 Å². The summed E-state index contributed by atoms with van der Waals surface area (Å²) in [5.74, 6) is 2.66. The lowest BCUT2D eigenvalue weighted by Gasteiger charge is -2.19. The third kappa shape index (κ3) is 1.89. The van der Waals surface area contributed by atoms with Crippen LogP contribution in [0, 0.1) is 0 Å². The molecule has 2 saturated carbocycles. The Morgan fingerprint density at radius 1 is 0.750 bits per heavy atom. The summed E-state index contributed by atoms with van der Waals surface area (Å²) in [6.07, 6.45) is 12.6. The lowest BCUT2D eigenvalue weighted by Crippen LogP contribution is -2.19. The smallest absolute Gasteiger partial charge is 0.105 e. The average Bonchev–Trinajstić information content (AvgIpc) is 2.77. The highest BCUT2D eigenvalue weighted by atomic mass is 27.2. The van der Waals surface area contributed by atoms with Crippen LogP contribution in [0.15, 0.2) is 0 Å². The molecule has 0 bridgehead atoms. The van der Waals surface area contributed by atoms with Crippen LogP contribution in [0.2, 0.25) is 15.3 Å². The fourth-order valence-corrected chi connectivity index (χ4v) is 7.17. The largest absolute Gasteiger partial charge is 0.265 e. The average molecular weight is 180 g/mol. The molecule has 2 rings (SSSR count). The van der Waals surface area contributed by atoms with Crippen LogP contribution < -0.4 is 0 Å². The van der Waals surface area contributed by atoms with E-state index in [4.69, 9.17) is 0 Å². The van der Waals surface area contributed by atoms with Crippen molar-refractivity contribution in [1.82, 2.24) is 0 Å². The first kappa shape index (κ1) is 9.10. The van der Waals surface area contributed by atoms with Gasteiger partial charge in [0.1, 0.15) is 0 Å². The Balaban J connectivity index is 1.84. The van der Waals surface area contributed by atoms with Gasteiger partial charge in [0.25, 0.3) is 14.1 Å². The maximum absolute atomic E-state index is 2.66. The van der Waals surface area contributed by atoms with Crippen molar-refractivity contribution in [3.63, 3.8) is 0 Å². The zero-order chi connectivity index (χ0) is 8.39. The summed E-state index contributed by atoms with van der Waals surface area (Å²) in [5, 5.41) is 0. The predicted molar refractivity (Wildman–Crippen MR) is 56.1 cm³/mol. The van der Waals surface area contributed by atoms with E-state index < -0.39 is 0 Å². The van der Waals surface area contributed by atoms with Crippen molar-refractivity contribution in [2.24, 2.45) is 0 Å². The maximum atomic E-state index is 2.66. The molecule has 0 aromatic carbocycles. The van der Waals surface area contributed by atoms with E-state index in [1.54, 1.807) is 51.4 Å². The minimum Gasteiger partial charge on any atom is -0.105 e. The van der Waals surface area contributed by atoms with E-state index in [-0.39, 0.29) is 14.1 Å². The molecule has 2 fully saturated rings. The van der Waals surface area contributed by atoms with Crippen LogP contribution in [0.3, 0.4) is 0 Å². The normalized spacial score (nSPS) is 26.8. The van der Waals surface area contributed by atoms with Crippen molar-refractivity contribution in [2.45, 2.75) is 66.7 Å². The first-order valence-electron chi connectivity index (χ1n) is 5.88. The van der Waals surface area contributed by atoms with Crippen LogP contribution >= 0.6 is 0 Å². The van der Waals surface area contributed by atoms with Crippen LogP contribution in [0.25, 0.3) is 0 Å². The highest BCUT2D eigenvalue weighted by Crippen LogP contribution is 2.42. The quantitative estimate of drug-likeness (QED) is 0.563. The Morgan fingerprint density at radius 2 is 1.08 bits per heavy atom. The van der Waals surface area contributed by atoms with Gasteiger partial charge in [0.2, 0.25) is 0 Å². The van der Waals surface area contributed by atoms with Crippen molar-refractivity contribution in [1.29, 1.82) is 0 Å². The molecule has 0 radical (unpaired) electrons. The van der Waals surface area contributed by atoms with Gasteiger partial charge >= 0.3 is 0 Å². The minimum absolute atomic E-state index is 0.307. The third-order valence-corrected chi connectivity index (χ3v) is 8.59. The van der Waals surface area contributed by atoms with E-state index >= 15 is 0 Å². The zero-order valence-corrected chi connectivity index (χ0v) is 9.54. The molecule has 0 saturated heterocycles. The van der Waals surface area contributed by atoms with Gasteiger partial charge in [0.15, 0.2) is 0 Å². The van der Waals surface area contributed by atoms with Gasteiger partial charge in [-0.2, -0.15) is 0 Å². The van der Waals surface area contributed by atoms with Crippen molar-refractivity contribution in [3.05, 3.63) is 0 Å². The van der Waals surface area contributed by atoms with Gasteiger partial charge in [-0.1, -0.05) is 60.9 Å². The Kier molecular flexibility index (Phi) is 3.16. The highest BCUT2D eigenvalue weighted by Gasteiger charge is 2.34. The number of hydrogen-bond acceptors (Lipinski definition) is 0. The van der Waals surface area contributed by atoms with E-state index in [1.165, 1.54) is 9.56 Å². The lowest BCUT2D eigenvalue weighted by molar-refractivity contribution is 0.776. The summed E-state index contributed by atoms with van der Waals surface area (Å²) in [4.78, 5) is 0. The zero-order valence-electron chi connectivity index (χ0n) is 8.39. The van der Waals surface area contributed by atoms with Crippen LogP contribution in [-0.2, 0) is 0 Å². The first-order chi connectivity index (χ1) is 5.88. The first-order valence-corrected chi connectivity index (χ1v) is 8.37. The second-order valence-electron chi connectivity index (χ2n) is 4.95. The molecule has 2 aliphatic carbocycles. The van der Waals surface area contributed by atoms with Crippen LogP contribution in [0.4, 0.5) is 0 Å². The molecule has 0 nitrogen and oxygen atoms in total. The summed E-state index contributed by atoms with van der Waals surface area (Å²) >= 11 is -0.307. The van der Waals surface area contributed by atoms with Gasteiger partial charge in [0.05, 0.1) is 0 Å². The van der Waals surface area contributed by atoms with Crippen LogP contribution in [-0.4, -0.2) is 14.1 Å². The van der Waals surface area contributed by atoms with Crippen LogP contribution in [0.1, 0.15) is 51.4 Å². The van der Waals surface area contributed by atoms with Crippen molar-refractivity contribution in [3.8, 4) is 0 Å². The van der Waals surface area contributed by atoms with Crippen molar-refractivity contribution < 1.29 is 0 Å². The second-order valence-corrected chi connectivity index (χ2v) is 8.55. The highest BCUT2D eigenvalue weighted by molar-refractivity contribution is 6.60. The van der Waals surface area contributed by atoms with Crippen molar-refractivity contribution >= 4 is 14.1 Å². The van der Waals surface area contributed by atoms with E-state index in [1.807, 2.05) is 0 Å². The Labute approximate surface area is 81.1 Å². The van der Waals surface area contributed by atoms with E-state index in [2.05, 4.69) is 5.79 Å². The fraction of sp³-hybridized carbons (Fsp3) is 1.00. The molecule has 0 atom stereocenters. The van der Waals surface area contributed by atoms with Gasteiger partial charge in [-0.05, 0) is 0 Å². The monoisotopic (exact) mass is 180 g/mol. The molecule has 0 aromatic rings. The SMILES string of the molecule is [CH3][Al]([CH]1CCCC1)[CH]1CCCC1. The molecule has 0 N–H and O–H groups in total. The molecule has 0 amide bonds. The number of hydrogen-bond donors (Lipinski definition) is 0. The molecule has 68 valence electrons. The molecule has 12 heavy (non-hydrogen) atoms. The molecular weight excluding hydrogens is 159 g/mol. The number of rotatable bonds is 2. The van der Waals surface area contributed by atoms with Gasteiger partial charge in [0, 0.05) is 0 Å². The van der Waals surface area contributed by atoms with Gasteiger partial charge in [-0.15, -0.1) is 5.79 Å². The molecule has 1 heteroatoms. The molecule has 0 aromatic heterocycles. The molecule has 0 unspecified atom stereocenters.